The van der Waals surface area contributed by atoms with Crippen molar-refractivity contribution >= 4 is 27.5 Å². The Labute approximate surface area is 132 Å². The number of hydrogen-bond donors (Lipinski definition) is 0. The van der Waals surface area contributed by atoms with Crippen molar-refractivity contribution in [3.05, 3.63) is 45.9 Å². The van der Waals surface area contributed by atoms with Crippen LogP contribution in [-0.2, 0) is 0 Å². The van der Waals surface area contributed by atoms with Gasteiger partial charge in [-0.3, -0.25) is 0 Å². The molecule has 5 heteroatoms. The van der Waals surface area contributed by atoms with Gasteiger partial charge in [-0.25, -0.2) is 0 Å². The quantitative estimate of drug-likeness (QED) is 0.716. The molecule has 2 aromatic rings. The lowest BCUT2D eigenvalue weighted by atomic mass is 10.0. The molecule has 0 amide bonds. The molecule has 108 valence electrons. The van der Waals surface area contributed by atoms with Crippen LogP contribution in [-0.4, -0.2) is 14.2 Å². The smallest absolute Gasteiger partial charge is 0.162 e. The van der Waals surface area contributed by atoms with Crippen LogP contribution in [0.25, 0.3) is 0 Å². The van der Waals surface area contributed by atoms with Gasteiger partial charge in [-0.15, -0.1) is 0 Å². The molecule has 3 nitrogen and oxygen atoms in total. The van der Waals surface area contributed by atoms with Gasteiger partial charge in [0.05, 0.1) is 19.0 Å². The van der Waals surface area contributed by atoms with Crippen LogP contribution in [0.4, 0.5) is 0 Å². The van der Waals surface area contributed by atoms with Crippen molar-refractivity contribution < 1.29 is 13.9 Å². The minimum Gasteiger partial charge on any atom is -0.493 e. The fourth-order valence-electron chi connectivity index (χ4n) is 2.13. The van der Waals surface area contributed by atoms with Gasteiger partial charge >= 0.3 is 0 Å². The van der Waals surface area contributed by atoms with Crippen molar-refractivity contribution in [1.29, 1.82) is 0 Å². The van der Waals surface area contributed by atoms with Crippen molar-refractivity contribution in [2.45, 2.75) is 18.7 Å². The largest absolute Gasteiger partial charge is 0.493 e. The summed E-state index contributed by atoms with van der Waals surface area (Å²) in [5.74, 6) is 3.00. The summed E-state index contributed by atoms with van der Waals surface area (Å²) in [4.78, 5) is -0.0627. The molecule has 0 fully saturated rings. The van der Waals surface area contributed by atoms with E-state index in [1.807, 2.05) is 26.0 Å². The van der Waals surface area contributed by atoms with E-state index < -0.39 is 0 Å². The molecule has 0 saturated carbocycles. The molecule has 0 aliphatic heterocycles. The first-order valence-corrected chi connectivity index (χ1v) is 7.39. The first-order valence-electron chi connectivity index (χ1n) is 6.10. The predicted molar refractivity (Wildman–Crippen MR) is 83.5 cm³/mol. The van der Waals surface area contributed by atoms with Gasteiger partial charge in [0.2, 0.25) is 0 Å². The lowest BCUT2D eigenvalue weighted by Gasteiger charge is -2.15. The molecule has 0 aliphatic carbocycles. The van der Waals surface area contributed by atoms with Gasteiger partial charge in [0.15, 0.2) is 11.5 Å². The normalized spacial score (nSPS) is 12.3. The Kier molecular flexibility index (Phi) is 4.66. The molecule has 2 rings (SSSR count). The van der Waals surface area contributed by atoms with E-state index >= 15 is 0 Å². The van der Waals surface area contributed by atoms with Crippen LogP contribution in [0.15, 0.2) is 22.6 Å². The number of methoxy groups -OCH3 is 2. The number of furan rings is 1. The SMILES string of the molecule is COc1cc(Cl)c(C(Br)c2cc(C)oc2C)cc1OC. The molecule has 0 spiro atoms. The summed E-state index contributed by atoms with van der Waals surface area (Å²) in [6, 6.07) is 5.64. The first kappa shape index (κ1) is 15.3. The highest BCUT2D eigenvalue weighted by atomic mass is 79.9. The second kappa shape index (κ2) is 6.10. The zero-order chi connectivity index (χ0) is 14.9. The molecular formula is C15H16BrClO3. The van der Waals surface area contributed by atoms with E-state index in [-0.39, 0.29) is 4.83 Å². The zero-order valence-electron chi connectivity index (χ0n) is 11.8. The first-order chi connectivity index (χ1) is 9.47. The molecule has 1 aromatic heterocycles. The van der Waals surface area contributed by atoms with E-state index in [4.69, 9.17) is 25.5 Å². The van der Waals surface area contributed by atoms with Crippen LogP contribution >= 0.6 is 27.5 Å². The maximum Gasteiger partial charge on any atom is 0.162 e. The Hall–Kier alpha value is -1.13. The van der Waals surface area contributed by atoms with E-state index in [0.717, 1.165) is 22.6 Å². The monoisotopic (exact) mass is 358 g/mol. The Bertz CT molecular complexity index is 622. The van der Waals surface area contributed by atoms with E-state index in [0.29, 0.717) is 16.5 Å². The van der Waals surface area contributed by atoms with Gasteiger partial charge in [-0.05, 0) is 31.5 Å². The molecule has 0 N–H and O–H groups in total. The zero-order valence-corrected chi connectivity index (χ0v) is 14.1. The van der Waals surface area contributed by atoms with Crippen molar-refractivity contribution in [2.24, 2.45) is 0 Å². The molecule has 0 aliphatic rings. The Morgan fingerprint density at radius 3 is 2.15 bits per heavy atom. The van der Waals surface area contributed by atoms with Crippen molar-refractivity contribution in [1.82, 2.24) is 0 Å². The summed E-state index contributed by atoms with van der Waals surface area (Å²) in [5, 5.41) is 0.614. The molecule has 20 heavy (non-hydrogen) atoms. The summed E-state index contributed by atoms with van der Waals surface area (Å²) in [5.41, 5.74) is 1.96. The lowest BCUT2D eigenvalue weighted by molar-refractivity contribution is 0.354. The van der Waals surface area contributed by atoms with Crippen molar-refractivity contribution in [3.8, 4) is 11.5 Å². The molecule has 0 radical (unpaired) electrons. The number of ether oxygens (including phenoxy) is 2. The second-order valence-electron chi connectivity index (χ2n) is 4.46. The van der Waals surface area contributed by atoms with E-state index in [9.17, 15) is 0 Å². The minimum atomic E-state index is -0.0627. The van der Waals surface area contributed by atoms with Gasteiger partial charge in [0.25, 0.3) is 0 Å². The van der Waals surface area contributed by atoms with Crippen LogP contribution in [0.2, 0.25) is 5.02 Å². The molecular weight excluding hydrogens is 344 g/mol. The summed E-state index contributed by atoms with van der Waals surface area (Å²) < 4.78 is 16.1. The molecule has 0 bridgehead atoms. The number of alkyl halides is 1. The van der Waals surface area contributed by atoms with E-state index in [1.54, 1.807) is 20.3 Å². The molecule has 1 unspecified atom stereocenters. The highest BCUT2D eigenvalue weighted by Crippen LogP contribution is 2.42. The Morgan fingerprint density at radius 1 is 1.05 bits per heavy atom. The summed E-state index contributed by atoms with van der Waals surface area (Å²) in [7, 11) is 3.19. The average Bonchev–Trinajstić information content (AvgIpc) is 2.76. The fourth-order valence-corrected chi connectivity index (χ4v) is 3.36. The molecule has 1 heterocycles. The highest BCUT2D eigenvalue weighted by molar-refractivity contribution is 9.09. The van der Waals surface area contributed by atoms with Gasteiger partial charge in [-0.1, -0.05) is 27.5 Å². The number of aryl methyl sites for hydroxylation is 2. The van der Waals surface area contributed by atoms with Gasteiger partial charge in [0, 0.05) is 16.7 Å². The summed E-state index contributed by atoms with van der Waals surface area (Å²) in [6.07, 6.45) is 0. The predicted octanol–water partition coefficient (Wildman–Crippen LogP) is 5.05. The molecule has 1 atom stereocenters. The number of halogens is 2. The van der Waals surface area contributed by atoms with Crippen molar-refractivity contribution in [2.75, 3.05) is 14.2 Å². The van der Waals surface area contributed by atoms with Crippen LogP contribution in [0, 0.1) is 13.8 Å². The summed E-state index contributed by atoms with van der Waals surface area (Å²) >= 11 is 10.0. The average molecular weight is 360 g/mol. The van der Waals surface area contributed by atoms with Crippen LogP contribution in [0.1, 0.15) is 27.5 Å². The maximum atomic E-state index is 6.34. The van der Waals surface area contributed by atoms with Gasteiger partial charge in [0.1, 0.15) is 11.5 Å². The highest BCUT2D eigenvalue weighted by Gasteiger charge is 2.21. The molecule has 0 saturated heterocycles. The third-order valence-corrected chi connectivity index (χ3v) is 4.44. The van der Waals surface area contributed by atoms with Gasteiger partial charge < -0.3 is 13.9 Å². The third-order valence-electron chi connectivity index (χ3n) is 3.13. The lowest BCUT2D eigenvalue weighted by Crippen LogP contribution is -1.98. The van der Waals surface area contributed by atoms with Gasteiger partial charge in [-0.2, -0.15) is 0 Å². The van der Waals surface area contributed by atoms with Crippen LogP contribution in [0.3, 0.4) is 0 Å². The number of rotatable bonds is 4. The van der Waals surface area contributed by atoms with E-state index in [1.165, 1.54) is 0 Å². The fraction of sp³-hybridized carbons (Fsp3) is 0.333. The molecule has 1 aromatic carbocycles. The summed E-state index contributed by atoms with van der Waals surface area (Å²) in [6.45, 7) is 3.86. The van der Waals surface area contributed by atoms with Crippen LogP contribution in [0.5, 0.6) is 11.5 Å². The maximum absolute atomic E-state index is 6.34. The number of benzene rings is 1. The third kappa shape index (κ3) is 2.81. The van der Waals surface area contributed by atoms with E-state index in [2.05, 4.69) is 15.9 Å². The minimum absolute atomic E-state index is 0.0627. The Morgan fingerprint density at radius 2 is 1.65 bits per heavy atom. The van der Waals surface area contributed by atoms with Crippen LogP contribution < -0.4 is 9.47 Å². The Balaban J connectivity index is 2.49. The standard InChI is InChI=1S/C15H16BrClO3/c1-8-5-10(9(2)20-8)15(16)11-6-13(18-3)14(19-4)7-12(11)17/h5-7,15H,1-4H3. The topological polar surface area (TPSA) is 31.6 Å². The van der Waals surface area contributed by atoms with Crippen molar-refractivity contribution in [3.63, 3.8) is 0 Å². The second-order valence-corrected chi connectivity index (χ2v) is 5.78. The number of hydrogen-bond acceptors (Lipinski definition) is 3.